The van der Waals surface area contributed by atoms with Crippen LogP contribution in [0.4, 0.5) is 0 Å². The minimum Gasteiger partial charge on any atom is -0.493 e. The Morgan fingerprint density at radius 3 is 2.33 bits per heavy atom. The highest BCUT2D eigenvalue weighted by atomic mass is 16.5. The van der Waals surface area contributed by atoms with E-state index in [-0.39, 0.29) is 0 Å². The first-order chi connectivity index (χ1) is 10.0. The van der Waals surface area contributed by atoms with Crippen molar-refractivity contribution in [2.24, 2.45) is 0 Å². The van der Waals surface area contributed by atoms with E-state index >= 15 is 0 Å². The number of hydrogen-bond acceptors (Lipinski definition) is 3. The number of rotatable bonds is 10. The Hall–Kier alpha value is -1.26. The Kier molecular flexibility index (Phi) is 7.54. The molecule has 0 aliphatic heterocycles. The number of ether oxygens (including phenoxy) is 3. The summed E-state index contributed by atoms with van der Waals surface area (Å²) in [6, 6.07) is 6.08. The Bertz CT molecular complexity index is 418. The van der Waals surface area contributed by atoms with Gasteiger partial charge in [0, 0.05) is 13.7 Å². The van der Waals surface area contributed by atoms with E-state index in [0.717, 1.165) is 42.1 Å². The van der Waals surface area contributed by atoms with Gasteiger partial charge in [0.15, 0.2) is 11.5 Å². The highest BCUT2D eigenvalue weighted by molar-refractivity contribution is 5.46. The fraction of sp³-hybridized carbons (Fsp3) is 0.647. The lowest BCUT2D eigenvalue weighted by molar-refractivity contribution is -0.903. The van der Waals surface area contributed by atoms with Gasteiger partial charge < -0.3 is 18.7 Å². The first-order valence-electron chi connectivity index (χ1n) is 7.55. The fourth-order valence-electron chi connectivity index (χ4n) is 2.58. The molecule has 0 fully saturated rings. The lowest BCUT2D eigenvalue weighted by Crippen LogP contribution is -2.39. The van der Waals surface area contributed by atoms with Crippen LogP contribution in [0.25, 0.3) is 0 Å². The summed E-state index contributed by atoms with van der Waals surface area (Å²) in [5.41, 5.74) is 1.19. The van der Waals surface area contributed by atoms with Crippen molar-refractivity contribution in [1.82, 2.24) is 0 Å². The van der Waals surface area contributed by atoms with Gasteiger partial charge in [-0.1, -0.05) is 6.07 Å². The molecule has 0 aromatic heterocycles. The molecule has 1 aromatic carbocycles. The fourth-order valence-corrected chi connectivity index (χ4v) is 2.58. The summed E-state index contributed by atoms with van der Waals surface area (Å²) in [7, 11) is 9.66. The monoisotopic (exact) mass is 296 g/mol. The number of hydrogen-bond donors (Lipinski definition) is 0. The molecule has 0 unspecified atom stereocenters. The lowest BCUT2D eigenvalue weighted by atomic mass is 10.1. The lowest BCUT2D eigenvalue weighted by Gasteiger charge is -2.30. The molecule has 4 heteroatoms. The van der Waals surface area contributed by atoms with Gasteiger partial charge >= 0.3 is 0 Å². The molecule has 0 N–H and O–H groups in total. The van der Waals surface area contributed by atoms with E-state index in [0.29, 0.717) is 0 Å². The van der Waals surface area contributed by atoms with E-state index in [1.54, 1.807) is 21.3 Å². The van der Waals surface area contributed by atoms with Crippen LogP contribution in [0.2, 0.25) is 0 Å². The van der Waals surface area contributed by atoms with E-state index in [1.807, 2.05) is 12.1 Å². The topological polar surface area (TPSA) is 27.7 Å². The molecule has 0 saturated carbocycles. The van der Waals surface area contributed by atoms with Gasteiger partial charge in [-0.25, -0.2) is 0 Å². The average Bonchev–Trinajstić information content (AvgIpc) is 2.46. The number of nitrogens with zero attached hydrogens (tertiary/aromatic N) is 1. The van der Waals surface area contributed by atoms with Crippen LogP contribution < -0.4 is 9.47 Å². The molecule has 0 aliphatic carbocycles. The Labute approximate surface area is 129 Å². The molecule has 4 nitrogen and oxygen atoms in total. The zero-order valence-electron chi connectivity index (χ0n) is 14.1. The van der Waals surface area contributed by atoms with E-state index in [1.165, 1.54) is 18.4 Å². The van der Waals surface area contributed by atoms with Gasteiger partial charge in [0.25, 0.3) is 0 Å². The number of para-hydroxylation sites is 1. The third kappa shape index (κ3) is 5.94. The molecular weight excluding hydrogens is 266 g/mol. The second-order valence-electron chi connectivity index (χ2n) is 6.02. The molecule has 0 spiro atoms. The first kappa shape index (κ1) is 17.8. The largest absolute Gasteiger partial charge is 0.493 e. The SMILES string of the molecule is COCCCCC[N+](C)(C)Cc1cccc(OC)c1OC. The maximum Gasteiger partial charge on any atom is 0.169 e. The van der Waals surface area contributed by atoms with Crippen LogP contribution in [0.15, 0.2) is 18.2 Å². The van der Waals surface area contributed by atoms with Crippen LogP contribution in [-0.4, -0.2) is 53.1 Å². The molecule has 1 aromatic rings. The molecule has 0 amide bonds. The van der Waals surface area contributed by atoms with Gasteiger partial charge in [-0.15, -0.1) is 0 Å². The molecule has 0 bridgehead atoms. The van der Waals surface area contributed by atoms with Gasteiger partial charge in [0.2, 0.25) is 0 Å². The third-order valence-electron chi connectivity index (χ3n) is 3.69. The van der Waals surface area contributed by atoms with E-state index in [4.69, 9.17) is 14.2 Å². The quantitative estimate of drug-likeness (QED) is 0.490. The second-order valence-corrected chi connectivity index (χ2v) is 6.02. The van der Waals surface area contributed by atoms with Crippen molar-refractivity contribution in [3.63, 3.8) is 0 Å². The number of benzene rings is 1. The van der Waals surface area contributed by atoms with Crippen LogP contribution in [0.1, 0.15) is 24.8 Å². The summed E-state index contributed by atoms with van der Waals surface area (Å²) in [5, 5.41) is 0. The molecule has 0 saturated heterocycles. The maximum atomic E-state index is 5.52. The van der Waals surface area contributed by atoms with Crippen molar-refractivity contribution >= 4 is 0 Å². The molecule has 21 heavy (non-hydrogen) atoms. The van der Waals surface area contributed by atoms with E-state index < -0.39 is 0 Å². The first-order valence-corrected chi connectivity index (χ1v) is 7.55. The minimum absolute atomic E-state index is 0.801. The van der Waals surface area contributed by atoms with Crippen molar-refractivity contribution < 1.29 is 18.7 Å². The van der Waals surface area contributed by atoms with Crippen molar-refractivity contribution in [1.29, 1.82) is 0 Å². The highest BCUT2D eigenvalue weighted by Gasteiger charge is 2.20. The number of unbranched alkanes of at least 4 members (excludes halogenated alkanes) is 2. The van der Waals surface area contributed by atoms with Gasteiger partial charge in [0.1, 0.15) is 6.54 Å². The number of quaternary nitrogens is 1. The zero-order valence-corrected chi connectivity index (χ0v) is 14.1. The molecule has 1 rings (SSSR count). The van der Waals surface area contributed by atoms with Crippen LogP contribution in [0.3, 0.4) is 0 Å². The summed E-state index contributed by atoms with van der Waals surface area (Å²) < 4.78 is 16.9. The molecule has 0 atom stereocenters. The smallest absolute Gasteiger partial charge is 0.169 e. The molecule has 0 heterocycles. The van der Waals surface area contributed by atoms with Crippen LogP contribution in [0.5, 0.6) is 11.5 Å². The highest BCUT2D eigenvalue weighted by Crippen LogP contribution is 2.32. The van der Waals surface area contributed by atoms with Crippen molar-refractivity contribution in [2.45, 2.75) is 25.8 Å². The van der Waals surface area contributed by atoms with Gasteiger partial charge in [-0.3, -0.25) is 0 Å². The minimum atomic E-state index is 0.801. The normalized spacial score (nSPS) is 11.5. The van der Waals surface area contributed by atoms with Gasteiger partial charge in [-0.2, -0.15) is 0 Å². The Morgan fingerprint density at radius 2 is 1.71 bits per heavy atom. The standard InChI is InChI=1S/C17H30NO3/c1-18(2,12-7-6-8-13-19-3)14-15-10-9-11-16(20-4)17(15)21-5/h9-11H,6-8,12-14H2,1-5H3/q+1. The van der Waals surface area contributed by atoms with Gasteiger partial charge in [0.05, 0.1) is 40.4 Å². The molecule has 0 aliphatic rings. The van der Waals surface area contributed by atoms with Crippen LogP contribution in [0, 0.1) is 0 Å². The Morgan fingerprint density at radius 1 is 0.952 bits per heavy atom. The summed E-state index contributed by atoms with van der Waals surface area (Å²) in [4.78, 5) is 0. The summed E-state index contributed by atoms with van der Waals surface area (Å²) in [5.74, 6) is 1.65. The Balaban J connectivity index is 2.62. The van der Waals surface area contributed by atoms with E-state index in [9.17, 15) is 0 Å². The second kappa shape index (κ2) is 8.90. The summed E-state index contributed by atoms with van der Waals surface area (Å²) in [6.07, 6.45) is 3.56. The average molecular weight is 296 g/mol. The maximum absolute atomic E-state index is 5.52. The molecule has 0 radical (unpaired) electrons. The molecular formula is C17H30NO3+. The predicted molar refractivity (Wildman–Crippen MR) is 86.0 cm³/mol. The van der Waals surface area contributed by atoms with Gasteiger partial charge in [-0.05, 0) is 31.4 Å². The van der Waals surface area contributed by atoms with Crippen molar-refractivity contribution in [2.75, 3.05) is 48.6 Å². The molecule has 120 valence electrons. The summed E-state index contributed by atoms with van der Waals surface area (Å²) in [6.45, 7) is 2.94. The van der Waals surface area contributed by atoms with E-state index in [2.05, 4.69) is 20.2 Å². The predicted octanol–water partition coefficient (Wildman–Crippen LogP) is 3.10. The van der Waals surface area contributed by atoms with Crippen LogP contribution >= 0.6 is 0 Å². The number of methoxy groups -OCH3 is 3. The van der Waals surface area contributed by atoms with Crippen molar-refractivity contribution in [3.8, 4) is 11.5 Å². The third-order valence-corrected chi connectivity index (χ3v) is 3.69. The van der Waals surface area contributed by atoms with Crippen molar-refractivity contribution in [3.05, 3.63) is 23.8 Å². The zero-order chi connectivity index (χ0) is 15.7. The summed E-state index contributed by atoms with van der Waals surface area (Å²) >= 11 is 0. The van der Waals surface area contributed by atoms with Crippen LogP contribution in [-0.2, 0) is 11.3 Å².